The van der Waals surface area contributed by atoms with E-state index in [2.05, 4.69) is 15.3 Å². The van der Waals surface area contributed by atoms with E-state index in [4.69, 9.17) is 5.14 Å². The number of aromatic nitrogens is 3. The predicted molar refractivity (Wildman–Crippen MR) is 127 cm³/mol. The molecule has 0 fully saturated rings. The number of aromatic amines is 1. The first-order valence-corrected chi connectivity index (χ1v) is 12.2. The molecule has 1 amide bonds. The Morgan fingerprint density at radius 2 is 1.88 bits per heavy atom. The number of carbonyl (C=O) groups excluding carboxylic acids is 1. The van der Waals surface area contributed by atoms with Gasteiger partial charge in [0, 0.05) is 17.9 Å². The third-order valence-electron chi connectivity index (χ3n) is 4.91. The Balaban J connectivity index is 2.16. The Hall–Kier alpha value is -3.31. The van der Waals surface area contributed by atoms with Crippen LogP contribution in [0.5, 0.6) is 0 Å². The number of nitrogens with zero attached hydrogens (tertiary/aromatic N) is 2. The van der Waals surface area contributed by atoms with Gasteiger partial charge < -0.3 is 5.32 Å². The predicted octanol–water partition coefficient (Wildman–Crippen LogP) is 1.90. The highest BCUT2D eigenvalue weighted by atomic mass is 32.2. The van der Waals surface area contributed by atoms with Gasteiger partial charge >= 0.3 is 5.69 Å². The molecule has 0 aliphatic carbocycles. The van der Waals surface area contributed by atoms with Crippen molar-refractivity contribution in [2.24, 2.45) is 11.1 Å². The van der Waals surface area contributed by atoms with Gasteiger partial charge in [-0.05, 0) is 35.6 Å². The summed E-state index contributed by atoms with van der Waals surface area (Å²) in [5, 5.41) is 7.82. The maximum absolute atomic E-state index is 13.2. The summed E-state index contributed by atoms with van der Waals surface area (Å²) in [7, 11) is -3.74. The van der Waals surface area contributed by atoms with Crippen molar-refractivity contribution in [2.45, 2.75) is 45.9 Å². The summed E-state index contributed by atoms with van der Waals surface area (Å²) < 4.78 is 24.2. The third kappa shape index (κ3) is 5.74. The van der Waals surface area contributed by atoms with E-state index in [0.29, 0.717) is 23.5 Å². The van der Waals surface area contributed by atoms with E-state index in [1.165, 1.54) is 16.7 Å². The number of nitrogens with one attached hydrogen (secondary N) is 2. The van der Waals surface area contributed by atoms with Crippen LogP contribution in [0.15, 0.2) is 39.9 Å². The van der Waals surface area contributed by atoms with Crippen LogP contribution in [-0.2, 0) is 22.3 Å². The minimum absolute atomic E-state index is 0.0119. The molecule has 3 rings (SSSR count). The zero-order chi connectivity index (χ0) is 24.5. The van der Waals surface area contributed by atoms with E-state index < -0.39 is 27.2 Å². The number of pyridine rings is 1. The Morgan fingerprint density at radius 3 is 2.48 bits per heavy atom. The van der Waals surface area contributed by atoms with Gasteiger partial charge in [0.05, 0.1) is 16.7 Å². The van der Waals surface area contributed by atoms with Crippen molar-refractivity contribution in [2.75, 3.05) is 5.32 Å². The molecular weight excluding hydrogens is 446 g/mol. The van der Waals surface area contributed by atoms with Crippen LogP contribution in [0.25, 0.3) is 11.0 Å². The largest absolute Gasteiger partial charge is 0.330 e. The number of benzene rings is 1. The van der Waals surface area contributed by atoms with Crippen molar-refractivity contribution >= 4 is 32.7 Å². The quantitative estimate of drug-likeness (QED) is 0.476. The highest BCUT2D eigenvalue weighted by Gasteiger charge is 2.21. The second kappa shape index (κ2) is 9.28. The molecule has 0 spiro atoms. The van der Waals surface area contributed by atoms with Gasteiger partial charge in [0.1, 0.15) is 0 Å². The summed E-state index contributed by atoms with van der Waals surface area (Å²) in [5.41, 5.74) is 0.224. The van der Waals surface area contributed by atoms with Crippen molar-refractivity contribution in [3.05, 3.63) is 68.0 Å². The smallest absolute Gasteiger partial charge is 0.322 e. The fourth-order valence-corrected chi connectivity index (χ4v) is 4.12. The first-order valence-electron chi connectivity index (χ1n) is 10.4. The lowest BCUT2D eigenvalue weighted by Crippen LogP contribution is -2.33. The molecular formula is C22H27N5O5S. The van der Waals surface area contributed by atoms with E-state index in [1.54, 1.807) is 18.2 Å². The summed E-state index contributed by atoms with van der Waals surface area (Å²) in [6.07, 6.45) is 0. The summed E-state index contributed by atoms with van der Waals surface area (Å²) in [6.45, 7) is 7.96. The van der Waals surface area contributed by atoms with Crippen LogP contribution in [0, 0.1) is 5.92 Å². The molecule has 0 unspecified atom stereocenters. The molecule has 176 valence electrons. The fourth-order valence-electron chi connectivity index (χ4n) is 3.47. The van der Waals surface area contributed by atoms with Gasteiger partial charge in [-0.3, -0.25) is 19.1 Å². The number of primary sulfonamides is 1. The Kier molecular flexibility index (Phi) is 6.84. The van der Waals surface area contributed by atoms with Crippen LogP contribution in [0.2, 0.25) is 0 Å². The molecule has 10 nitrogen and oxygen atoms in total. The zero-order valence-corrected chi connectivity index (χ0v) is 19.7. The highest BCUT2D eigenvalue weighted by molar-refractivity contribution is 7.88. The number of hydrogen-bond donors (Lipinski definition) is 3. The molecule has 0 radical (unpaired) electrons. The second-order valence-electron chi connectivity index (χ2n) is 8.67. The maximum Gasteiger partial charge on any atom is 0.330 e. The molecule has 2 aromatic heterocycles. The van der Waals surface area contributed by atoms with Crippen molar-refractivity contribution in [1.29, 1.82) is 0 Å². The molecule has 0 aliphatic heterocycles. The molecule has 0 saturated carbocycles. The lowest BCUT2D eigenvalue weighted by Gasteiger charge is -2.16. The van der Waals surface area contributed by atoms with E-state index in [1.807, 2.05) is 27.7 Å². The second-order valence-corrected chi connectivity index (χ2v) is 10.3. The number of H-pyrrole nitrogens is 1. The average molecular weight is 474 g/mol. The van der Waals surface area contributed by atoms with Crippen LogP contribution in [-0.4, -0.2) is 28.9 Å². The van der Waals surface area contributed by atoms with Crippen molar-refractivity contribution in [1.82, 2.24) is 14.5 Å². The van der Waals surface area contributed by atoms with Crippen LogP contribution >= 0.6 is 0 Å². The molecule has 33 heavy (non-hydrogen) atoms. The van der Waals surface area contributed by atoms with E-state index in [9.17, 15) is 22.8 Å². The third-order valence-corrected chi connectivity index (χ3v) is 5.64. The molecule has 0 aliphatic rings. The van der Waals surface area contributed by atoms with Gasteiger partial charge in [0.25, 0.3) is 11.5 Å². The van der Waals surface area contributed by atoms with Gasteiger partial charge in [-0.15, -0.1) is 0 Å². The fraction of sp³-hybridized carbons (Fsp3) is 0.364. The summed E-state index contributed by atoms with van der Waals surface area (Å²) in [4.78, 5) is 45.3. The maximum atomic E-state index is 13.2. The molecule has 4 N–H and O–H groups in total. The Bertz CT molecular complexity index is 1440. The van der Waals surface area contributed by atoms with Gasteiger partial charge in [-0.25, -0.2) is 23.3 Å². The molecule has 0 bridgehead atoms. The lowest BCUT2D eigenvalue weighted by molar-refractivity contribution is 0.102. The molecule has 2 heterocycles. The van der Waals surface area contributed by atoms with E-state index >= 15 is 0 Å². The number of anilines is 1. The van der Waals surface area contributed by atoms with Gasteiger partial charge in [0.2, 0.25) is 10.0 Å². The number of amides is 1. The average Bonchev–Trinajstić information content (AvgIpc) is 2.68. The Morgan fingerprint density at radius 1 is 1.18 bits per heavy atom. The van der Waals surface area contributed by atoms with Crippen molar-refractivity contribution in [3.63, 3.8) is 0 Å². The minimum atomic E-state index is -3.74. The monoisotopic (exact) mass is 473 g/mol. The highest BCUT2D eigenvalue weighted by Crippen LogP contribution is 2.22. The number of rotatable bonds is 7. The van der Waals surface area contributed by atoms with Crippen LogP contribution in [0.4, 0.5) is 5.69 Å². The zero-order valence-electron chi connectivity index (χ0n) is 18.9. The summed E-state index contributed by atoms with van der Waals surface area (Å²) in [5.74, 6) is -0.938. The number of hydrogen-bond acceptors (Lipinski definition) is 6. The van der Waals surface area contributed by atoms with E-state index in [0.717, 1.165) is 0 Å². The first-order chi connectivity index (χ1) is 15.4. The number of carbonyl (C=O) groups is 1. The molecule has 1 aromatic carbocycles. The number of nitrogens with two attached hydrogens (primary N) is 1. The normalized spacial score (nSPS) is 12.0. The SMILES string of the molecule is CC(C)Cn1c(=O)[nH]c(=O)c2c(C(=O)Nc3cccc(CS(N)(=O)=O)c3)cc(C(C)C)nc21. The van der Waals surface area contributed by atoms with Gasteiger partial charge in [0.15, 0.2) is 5.65 Å². The number of fused-ring (bicyclic) bond motifs is 1. The summed E-state index contributed by atoms with van der Waals surface area (Å²) in [6, 6.07) is 7.79. The van der Waals surface area contributed by atoms with Gasteiger partial charge in [-0.2, -0.15) is 0 Å². The van der Waals surface area contributed by atoms with Crippen LogP contribution in [0.3, 0.4) is 0 Å². The summed E-state index contributed by atoms with van der Waals surface area (Å²) >= 11 is 0. The van der Waals surface area contributed by atoms with Crippen molar-refractivity contribution in [3.8, 4) is 0 Å². The lowest BCUT2D eigenvalue weighted by atomic mass is 10.0. The van der Waals surface area contributed by atoms with Crippen LogP contribution < -0.4 is 21.7 Å². The van der Waals surface area contributed by atoms with Gasteiger partial charge in [-0.1, -0.05) is 39.8 Å². The van der Waals surface area contributed by atoms with E-state index in [-0.39, 0.29) is 34.2 Å². The minimum Gasteiger partial charge on any atom is -0.322 e. The first kappa shape index (κ1) is 24.3. The molecule has 3 aromatic rings. The van der Waals surface area contributed by atoms with Crippen molar-refractivity contribution < 1.29 is 13.2 Å². The molecule has 0 saturated heterocycles. The molecule has 11 heteroatoms. The standard InChI is InChI=1S/C22H27N5O5S/c1-12(2)10-27-19-18(21(29)26-22(27)30)16(9-17(25-19)13(3)4)20(28)24-15-7-5-6-14(8-15)11-33(23,31)32/h5-9,12-13H,10-11H2,1-4H3,(H,24,28)(H2,23,31,32)(H,26,29,30). The Labute approximate surface area is 190 Å². The topological polar surface area (TPSA) is 157 Å². The number of sulfonamides is 1. The molecule has 0 atom stereocenters. The van der Waals surface area contributed by atoms with Crippen LogP contribution in [0.1, 0.15) is 55.2 Å².